The van der Waals surface area contributed by atoms with Crippen LogP contribution < -0.4 is 15.0 Å². The molecule has 0 spiro atoms. The van der Waals surface area contributed by atoms with Crippen molar-refractivity contribution in [1.82, 2.24) is 40.2 Å². The summed E-state index contributed by atoms with van der Waals surface area (Å²) in [5.41, 5.74) is 5.97. The summed E-state index contributed by atoms with van der Waals surface area (Å²) in [6, 6.07) is 18.3. The van der Waals surface area contributed by atoms with Gasteiger partial charge >= 0.3 is 0 Å². The summed E-state index contributed by atoms with van der Waals surface area (Å²) in [6.45, 7) is 8.56. The molecule has 2 aromatic carbocycles. The van der Waals surface area contributed by atoms with E-state index in [4.69, 9.17) is 31.0 Å². The summed E-state index contributed by atoms with van der Waals surface area (Å²) in [4.78, 5) is 41.5. The number of ether oxygens (including phenoxy) is 1. The number of nitrogens with zero attached hydrogens (tertiary/aromatic N) is 10. The zero-order valence-electron chi connectivity index (χ0n) is 33.8. The number of nitriles is 1. The Bertz CT molecular complexity index is 2650. The van der Waals surface area contributed by atoms with E-state index >= 15 is 0 Å². The molecule has 2 fully saturated rings. The topological polar surface area (TPSA) is 181 Å². The van der Waals surface area contributed by atoms with Crippen LogP contribution in [0.15, 0.2) is 76.5 Å². The number of anilines is 1. The molecule has 1 atom stereocenters. The number of benzene rings is 2. The number of hydrogen-bond donors (Lipinski definition) is 1. The first-order valence-corrected chi connectivity index (χ1v) is 21.5. The van der Waals surface area contributed by atoms with Crippen molar-refractivity contribution >= 4 is 46.2 Å². The van der Waals surface area contributed by atoms with Gasteiger partial charge in [-0.1, -0.05) is 23.7 Å². The highest BCUT2D eigenvalue weighted by Crippen LogP contribution is 2.40. The fourth-order valence-corrected chi connectivity index (χ4v) is 9.63. The van der Waals surface area contributed by atoms with Crippen molar-refractivity contribution < 1.29 is 18.7 Å². The summed E-state index contributed by atoms with van der Waals surface area (Å²) in [5, 5.41) is 30.9. The molecule has 0 bridgehead atoms. The lowest BCUT2D eigenvalue weighted by Gasteiger charge is -2.36. The second-order valence-electron chi connectivity index (χ2n) is 15.5. The van der Waals surface area contributed by atoms with E-state index in [1.165, 1.54) is 10.4 Å². The van der Waals surface area contributed by atoms with Gasteiger partial charge in [-0.05, 0) is 88.4 Å². The number of piperazine rings is 1. The van der Waals surface area contributed by atoms with Gasteiger partial charge in [-0.25, -0.2) is 4.98 Å². The zero-order chi connectivity index (χ0) is 42.2. The molecule has 1 N–H and O–H groups in total. The van der Waals surface area contributed by atoms with Gasteiger partial charge in [0, 0.05) is 60.0 Å². The predicted octanol–water partition coefficient (Wildman–Crippen LogP) is 6.77. The van der Waals surface area contributed by atoms with Gasteiger partial charge in [0.2, 0.25) is 0 Å². The molecule has 0 unspecified atom stereocenters. The number of carbonyl (C=O) groups excluding carboxylic acids is 2. The van der Waals surface area contributed by atoms with Crippen LogP contribution in [0.3, 0.4) is 0 Å². The Labute approximate surface area is 361 Å². The minimum Gasteiger partial charge on any atom is -0.490 e. The van der Waals surface area contributed by atoms with Gasteiger partial charge in [0.15, 0.2) is 23.1 Å². The lowest BCUT2D eigenvalue weighted by molar-refractivity contribution is 0.0738. The van der Waals surface area contributed by atoms with Gasteiger partial charge in [0.1, 0.15) is 34.9 Å². The number of aliphatic imine (C=N–C) groups is 1. The average molecular weight is 856 g/mol. The van der Waals surface area contributed by atoms with E-state index in [2.05, 4.69) is 78.3 Å². The van der Waals surface area contributed by atoms with E-state index in [1.807, 2.05) is 13.0 Å². The van der Waals surface area contributed by atoms with Gasteiger partial charge in [-0.2, -0.15) is 5.26 Å². The standard InChI is InChI=1S/C44H42ClN11O4S/c1-25-26(2)61-44-39(25)40(49-37(23-38-47-16-21-59-38)41-53-50-27(3)56(41)44)28-4-9-31(10-5-28)54-17-19-55(20-18-54)43(58)36-15-14-35(51-52-36)42(57)48-30-7-12-32(13-8-30)60-33-11-6-29(24-46)34(45)22-33/h4-6,9-11,14-16,21-22,30,32,37H,7-8,12-13,17-20,23H2,1-3H3,(H,48,57)/t30-,32-,37-/m1/s1. The molecule has 6 heterocycles. The molecule has 2 amide bonds. The first-order valence-electron chi connectivity index (χ1n) is 20.3. The molecule has 3 aliphatic rings. The Kier molecular flexibility index (Phi) is 11.1. The number of oxazole rings is 1. The third-order valence-corrected chi connectivity index (χ3v) is 13.2. The number of hydrogen-bond acceptors (Lipinski definition) is 13. The van der Waals surface area contributed by atoms with Crippen molar-refractivity contribution in [3.05, 3.63) is 128 Å². The van der Waals surface area contributed by atoms with Crippen LogP contribution in [0.5, 0.6) is 5.75 Å². The normalized spacial score (nSPS) is 18.7. The average Bonchev–Trinajstić information content (AvgIpc) is 3.99. The van der Waals surface area contributed by atoms with Crippen molar-refractivity contribution in [2.45, 2.75) is 71.1 Å². The van der Waals surface area contributed by atoms with Crippen LogP contribution in [-0.2, 0) is 6.42 Å². The summed E-state index contributed by atoms with van der Waals surface area (Å²) in [7, 11) is 0. The molecule has 2 aliphatic heterocycles. The second-order valence-corrected chi connectivity index (χ2v) is 17.1. The van der Waals surface area contributed by atoms with Crippen LogP contribution >= 0.6 is 22.9 Å². The van der Waals surface area contributed by atoms with Crippen LogP contribution in [0.2, 0.25) is 5.02 Å². The van der Waals surface area contributed by atoms with Crippen molar-refractivity contribution in [3.63, 3.8) is 0 Å². The molecule has 4 aromatic heterocycles. The zero-order valence-corrected chi connectivity index (χ0v) is 35.4. The lowest BCUT2D eigenvalue weighted by atomic mass is 9.93. The third-order valence-electron chi connectivity index (χ3n) is 11.7. The van der Waals surface area contributed by atoms with Crippen LogP contribution in [0.1, 0.15) is 97.4 Å². The number of thiophene rings is 1. The maximum absolute atomic E-state index is 13.5. The van der Waals surface area contributed by atoms with Crippen LogP contribution in [-0.4, -0.2) is 90.7 Å². The molecule has 0 radical (unpaired) electrons. The largest absolute Gasteiger partial charge is 0.490 e. The van der Waals surface area contributed by atoms with Crippen LogP contribution in [0, 0.1) is 32.1 Å². The van der Waals surface area contributed by atoms with Gasteiger partial charge in [0.05, 0.1) is 35.0 Å². The SMILES string of the molecule is Cc1sc2c(c1C)C(c1ccc(N3CCN(C(=O)c4ccc(C(=O)N[C@H]5CC[C@H](Oc6ccc(C#N)c(Cl)c6)CC5)nn4)CC3)cc1)=N[C@H](Cc1ncco1)c1nnc(C)n1-2. The number of carbonyl (C=O) groups is 2. The smallest absolute Gasteiger partial charge is 0.274 e. The van der Waals surface area contributed by atoms with Crippen molar-refractivity contribution in [2.24, 2.45) is 4.99 Å². The molecule has 1 aliphatic carbocycles. The molecular weight excluding hydrogens is 814 g/mol. The maximum atomic E-state index is 13.5. The van der Waals surface area contributed by atoms with Gasteiger partial charge < -0.3 is 24.3 Å². The first kappa shape index (κ1) is 40.0. The van der Waals surface area contributed by atoms with Crippen molar-refractivity contribution in [3.8, 4) is 16.8 Å². The molecular formula is C44H42ClN11O4S. The summed E-state index contributed by atoms with van der Waals surface area (Å²) >= 11 is 7.87. The lowest BCUT2D eigenvalue weighted by Crippen LogP contribution is -2.49. The highest BCUT2D eigenvalue weighted by atomic mass is 35.5. The second kappa shape index (κ2) is 16.9. The maximum Gasteiger partial charge on any atom is 0.274 e. The van der Waals surface area contributed by atoms with Gasteiger partial charge in [0.25, 0.3) is 11.8 Å². The summed E-state index contributed by atoms with van der Waals surface area (Å²) in [6.07, 6.45) is 6.64. The highest BCUT2D eigenvalue weighted by molar-refractivity contribution is 7.15. The van der Waals surface area contributed by atoms with E-state index < -0.39 is 0 Å². The van der Waals surface area contributed by atoms with Crippen LogP contribution in [0.4, 0.5) is 5.69 Å². The van der Waals surface area contributed by atoms with E-state index in [1.54, 1.807) is 59.0 Å². The third kappa shape index (κ3) is 8.10. The van der Waals surface area contributed by atoms with Crippen molar-refractivity contribution in [1.29, 1.82) is 5.26 Å². The van der Waals surface area contributed by atoms with E-state index in [9.17, 15) is 9.59 Å². The number of aryl methyl sites for hydroxylation is 2. The number of amides is 2. The molecule has 1 saturated heterocycles. The van der Waals surface area contributed by atoms with Gasteiger partial charge in [-0.3, -0.25) is 19.1 Å². The Balaban J connectivity index is 0.803. The highest BCUT2D eigenvalue weighted by Gasteiger charge is 2.33. The van der Waals surface area contributed by atoms with Gasteiger partial charge in [-0.15, -0.1) is 31.7 Å². The Morgan fingerprint density at radius 2 is 1.70 bits per heavy atom. The van der Waals surface area contributed by atoms with E-state index in [0.717, 1.165) is 64.9 Å². The van der Waals surface area contributed by atoms with E-state index in [0.29, 0.717) is 54.8 Å². The number of rotatable bonds is 9. The summed E-state index contributed by atoms with van der Waals surface area (Å²) < 4.78 is 13.8. The quantitative estimate of drug-likeness (QED) is 0.162. The fourth-order valence-electron chi connectivity index (χ4n) is 8.21. The first-order chi connectivity index (χ1) is 29.6. The number of aromatic nitrogens is 6. The van der Waals surface area contributed by atoms with Crippen molar-refractivity contribution in [2.75, 3.05) is 31.1 Å². The minimum atomic E-state index is -0.349. The Hall–Kier alpha value is -6.44. The molecule has 6 aromatic rings. The molecule has 61 heavy (non-hydrogen) atoms. The van der Waals surface area contributed by atoms with E-state index in [-0.39, 0.29) is 41.4 Å². The monoisotopic (exact) mass is 855 g/mol. The fraction of sp³-hybridized carbons (Fsp3) is 0.341. The number of nitrogens with one attached hydrogen (secondary N) is 1. The van der Waals surface area contributed by atoms with Crippen LogP contribution in [0.25, 0.3) is 5.00 Å². The number of fused-ring (bicyclic) bond motifs is 3. The summed E-state index contributed by atoms with van der Waals surface area (Å²) in [5.74, 6) is 2.23. The molecule has 17 heteroatoms. The molecule has 1 saturated carbocycles. The number of halogens is 1. The predicted molar refractivity (Wildman–Crippen MR) is 229 cm³/mol. The minimum absolute atomic E-state index is 0.0124. The molecule has 310 valence electrons. The Morgan fingerprint density at radius 1 is 0.951 bits per heavy atom. The molecule has 15 nitrogen and oxygen atoms in total. The Morgan fingerprint density at radius 3 is 2.39 bits per heavy atom. The molecule has 9 rings (SSSR count).